The number of nitrogens with one attached hydrogen (secondary N) is 2. The van der Waals surface area contributed by atoms with Crippen LogP contribution in [0.1, 0.15) is 24.2 Å². The van der Waals surface area contributed by atoms with Crippen molar-refractivity contribution >= 4 is 23.4 Å². The molecule has 0 fully saturated rings. The van der Waals surface area contributed by atoms with Crippen molar-refractivity contribution in [3.8, 4) is 11.3 Å². The molecule has 0 radical (unpaired) electrons. The van der Waals surface area contributed by atoms with E-state index in [9.17, 15) is 19.7 Å². The van der Waals surface area contributed by atoms with E-state index in [4.69, 9.17) is 4.74 Å². The van der Waals surface area contributed by atoms with Gasteiger partial charge in [-0.1, -0.05) is 12.1 Å². The lowest BCUT2D eigenvalue weighted by molar-refractivity contribution is -0.384. The number of nitro benzene ring substituents is 1. The molecular formula is C15H15N3O5. The number of carbonyl (C=O) groups excluding carboxylic acids is 2. The van der Waals surface area contributed by atoms with E-state index in [2.05, 4.69) is 10.3 Å². The molecule has 1 heterocycles. The minimum absolute atomic E-state index is 0.0733. The maximum Gasteiger partial charge on any atom is 0.341 e. The van der Waals surface area contributed by atoms with Gasteiger partial charge >= 0.3 is 5.97 Å². The Balaban J connectivity index is 2.47. The molecule has 0 unspecified atom stereocenters. The van der Waals surface area contributed by atoms with Crippen LogP contribution in [0.25, 0.3) is 11.3 Å². The number of amides is 1. The monoisotopic (exact) mass is 317 g/mol. The van der Waals surface area contributed by atoms with Gasteiger partial charge in [0.15, 0.2) is 0 Å². The number of H-pyrrole nitrogens is 1. The van der Waals surface area contributed by atoms with Gasteiger partial charge in [0.1, 0.15) is 11.4 Å². The van der Waals surface area contributed by atoms with E-state index in [1.54, 1.807) is 13.0 Å². The molecule has 120 valence electrons. The molecule has 0 atom stereocenters. The number of ether oxygens (including phenoxy) is 1. The van der Waals surface area contributed by atoms with Crippen LogP contribution in [-0.2, 0) is 9.53 Å². The number of carbonyl (C=O) groups is 2. The van der Waals surface area contributed by atoms with Crippen LogP contribution >= 0.6 is 0 Å². The van der Waals surface area contributed by atoms with E-state index in [-0.39, 0.29) is 29.6 Å². The minimum Gasteiger partial charge on any atom is -0.462 e. The maximum absolute atomic E-state index is 12.0. The predicted molar refractivity (Wildman–Crippen MR) is 83.1 cm³/mol. The Bertz CT molecular complexity index is 766. The molecule has 2 N–H and O–H groups in total. The lowest BCUT2D eigenvalue weighted by Crippen LogP contribution is -2.11. The van der Waals surface area contributed by atoms with Gasteiger partial charge in [-0.05, 0) is 13.0 Å². The van der Waals surface area contributed by atoms with Crippen molar-refractivity contribution in [1.82, 2.24) is 4.98 Å². The summed E-state index contributed by atoms with van der Waals surface area (Å²) in [5, 5.41) is 13.4. The lowest BCUT2D eigenvalue weighted by atomic mass is 10.1. The van der Waals surface area contributed by atoms with E-state index in [0.717, 1.165) is 0 Å². The Morgan fingerprint density at radius 1 is 1.35 bits per heavy atom. The Hall–Kier alpha value is -3.16. The normalized spacial score (nSPS) is 10.2. The third-order valence-corrected chi connectivity index (χ3v) is 2.98. The van der Waals surface area contributed by atoms with Crippen LogP contribution < -0.4 is 5.32 Å². The highest BCUT2D eigenvalue weighted by Gasteiger charge is 2.19. The van der Waals surface area contributed by atoms with Crippen molar-refractivity contribution in [3.05, 3.63) is 46.0 Å². The molecule has 8 nitrogen and oxygen atoms in total. The van der Waals surface area contributed by atoms with Crippen molar-refractivity contribution < 1.29 is 19.2 Å². The van der Waals surface area contributed by atoms with Crippen molar-refractivity contribution in [2.75, 3.05) is 11.9 Å². The predicted octanol–water partition coefficient (Wildman–Crippen LogP) is 2.73. The van der Waals surface area contributed by atoms with Crippen LogP contribution in [-0.4, -0.2) is 28.4 Å². The molecule has 2 aromatic rings. The molecule has 0 saturated carbocycles. The zero-order chi connectivity index (χ0) is 17.0. The fourth-order valence-electron chi connectivity index (χ4n) is 2.04. The van der Waals surface area contributed by atoms with Gasteiger partial charge in [0.05, 0.1) is 11.5 Å². The number of nitro groups is 1. The Kier molecular flexibility index (Phi) is 4.75. The van der Waals surface area contributed by atoms with Crippen LogP contribution in [0.15, 0.2) is 30.3 Å². The van der Waals surface area contributed by atoms with E-state index in [1.165, 1.54) is 31.2 Å². The van der Waals surface area contributed by atoms with Crippen LogP contribution in [0.3, 0.4) is 0 Å². The second kappa shape index (κ2) is 6.73. The molecule has 1 aromatic carbocycles. The van der Waals surface area contributed by atoms with Gasteiger partial charge in [0.2, 0.25) is 5.91 Å². The summed E-state index contributed by atoms with van der Waals surface area (Å²) in [6, 6.07) is 7.43. The van der Waals surface area contributed by atoms with Gasteiger partial charge in [-0.2, -0.15) is 0 Å². The standard InChI is InChI=1S/C15H15N3O5/c1-3-23-15(20)12-8-13(17-14(12)16-9(2)19)10-5-4-6-11(7-10)18(21)22/h4-8,17H,3H2,1-2H3,(H,16,19). The number of benzene rings is 1. The summed E-state index contributed by atoms with van der Waals surface area (Å²) in [5.74, 6) is -0.760. The number of non-ortho nitro benzene ring substituents is 1. The molecule has 8 heteroatoms. The van der Waals surface area contributed by atoms with Crippen molar-refractivity contribution in [3.63, 3.8) is 0 Å². The average molecular weight is 317 g/mol. The molecular weight excluding hydrogens is 302 g/mol. The lowest BCUT2D eigenvalue weighted by Gasteiger charge is -2.03. The van der Waals surface area contributed by atoms with Gasteiger partial charge in [0.25, 0.3) is 5.69 Å². The highest BCUT2D eigenvalue weighted by atomic mass is 16.6. The summed E-state index contributed by atoms with van der Waals surface area (Å²) in [6.45, 7) is 3.17. The zero-order valence-corrected chi connectivity index (χ0v) is 12.6. The summed E-state index contributed by atoms with van der Waals surface area (Å²) in [7, 11) is 0. The van der Waals surface area contributed by atoms with Crippen molar-refractivity contribution in [2.24, 2.45) is 0 Å². The fraction of sp³-hybridized carbons (Fsp3) is 0.200. The summed E-state index contributed by atoms with van der Waals surface area (Å²) >= 11 is 0. The second-order valence-electron chi connectivity index (χ2n) is 4.68. The molecule has 0 bridgehead atoms. The number of nitrogens with zero attached hydrogens (tertiary/aromatic N) is 1. The van der Waals surface area contributed by atoms with Crippen LogP contribution in [0.2, 0.25) is 0 Å². The molecule has 0 aliphatic rings. The van der Waals surface area contributed by atoms with Crippen LogP contribution in [0, 0.1) is 10.1 Å². The van der Waals surface area contributed by atoms with Crippen molar-refractivity contribution in [2.45, 2.75) is 13.8 Å². The van der Waals surface area contributed by atoms with Gasteiger partial charge in [-0.3, -0.25) is 14.9 Å². The largest absolute Gasteiger partial charge is 0.462 e. The average Bonchev–Trinajstić information content (AvgIpc) is 2.91. The maximum atomic E-state index is 12.0. The fourth-order valence-corrected chi connectivity index (χ4v) is 2.04. The summed E-state index contributed by atoms with van der Waals surface area (Å²) in [6.07, 6.45) is 0. The van der Waals surface area contributed by atoms with Crippen LogP contribution in [0.4, 0.5) is 11.5 Å². The van der Waals surface area contributed by atoms with E-state index < -0.39 is 10.9 Å². The first-order valence-corrected chi connectivity index (χ1v) is 6.85. The first kappa shape index (κ1) is 16.2. The molecule has 0 aliphatic heterocycles. The Morgan fingerprint density at radius 2 is 2.09 bits per heavy atom. The first-order valence-electron chi connectivity index (χ1n) is 6.85. The Labute approximate surface area is 131 Å². The highest BCUT2D eigenvalue weighted by molar-refractivity contribution is 6.01. The van der Waals surface area contributed by atoms with E-state index in [1.807, 2.05) is 0 Å². The molecule has 1 amide bonds. The summed E-state index contributed by atoms with van der Waals surface area (Å²) < 4.78 is 4.94. The number of anilines is 1. The van der Waals surface area contributed by atoms with Gasteiger partial charge < -0.3 is 15.0 Å². The molecule has 0 aliphatic carbocycles. The second-order valence-corrected chi connectivity index (χ2v) is 4.68. The van der Waals surface area contributed by atoms with E-state index in [0.29, 0.717) is 11.3 Å². The Morgan fingerprint density at radius 3 is 2.70 bits per heavy atom. The molecule has 0 spiro atoms. The molecule has 2 rings (SSSR count). The number of aromatic amines is 1. The molecule has 0 saturated heterocycles. The topological polar surface area (TPSA) is 114 Å². The number of aromatic nitrogens is 1. The zero-order valence-electron chi connectivity index (χ0n) is 12.6. The number of esters is 1. The number of hydrogen-bond acceptors (Lipinski definition) is 5. The minimum atomic E-state index is -0.593. The quantitative estimate of drug-likeness (QED) is 0.500. The smallest absolute Gasteiger partial charge is 0.341 e. The third kappa shape index (κ3) is 3.73. The summed E-state index contributed by atoms with van der Waals surface area (Å²) in [5.41, 5.74) is 1.06. The summed E-state index contributed by atoms with van der Waals surface area (Å²) in [4.78, 5) is 36.5. The van der Waals surface area contributed by atoms with Crippen molar-refractivity contribution in [1.29, 1.82) is 0 Å². The number of hydrogen-bond donors (Lipinski definition) is 2. The van der Waals surface area contributed by atoms with Gasteiger partial charge in [-0.25, -0.2) is 4.79 Å². The van der Waals surface area contributed by atoms with Crippen LogP contribution in [0.5, 0.6) is 0 Å². The highest BCUT2D eigenvalue weighted by Crippen LogP contribution is 2.28. The molecule has 1 aromatic heterocycles. The SMILES string of the molecule is CCOC(=O)c1cc(-c2cccc([N+](=O)[O-])c2)[nH]c1NC(C)=O. The third-order valence-electron chi connectivity index (χ3n) is 2.98. The number of rotatable bonds is 5. The molecule has 23 heavy (non-hydrogen) atoms. The van der Waals surface area contributed by atoms with Gasteiger partial charge in [0, 0.05) is 30.3 Å². The first-order chi connectivity index (χ1) is 10.9. The van der Waals surface area contributed by atoms with E-state index >= 15 is 0 Å². The van der Waals surface area contributed by atoms with Gasteiger partial charge in [-0.15, -0.1) is 0 Å².